The third-order valence-corrected chi connectivity index (χ3v) is 4.95. The number of hydrogen-bond acceptors (Lipinski definition) is 2. The molecular formula is C18H15F3N2O. The van der Waals surface area contributed by atoms with Crippen molar-refractivity contribution in [1.82, 2.24) is 10.3 Å². The van der Waals surface area contributed by atoms with Crippen LogP contribution in [-0.2, 0) is 12.6 Å². The summed E-state index contributed by atoms with van der Waals surface area (Å²) in [6.45, 7) is 0. The second-order valence-electron chi connectivity index (χ2n) is 6.32. The fourth-order valence-corrected chi connectivity index (χ4v) is 3.81. The highest BCUT2D eigenvalue weighted by Gasteiger charge is 2.54. The van der Waals surface area contributed by atoms with Gasteiger partial charge in [-0.25, -0.2) is 0 Å². The lowest BCUT2D eigenvalue weighted by Gasteiger charge is -2.13. The molecule has 1 saturated carbocycles. The maximum absolute atomic E-state index is 13.0. The van der Waals surface area contributed by atoms with Crippen molar-refractivity contribution < 1.29 is 18.0 Å². The predicted octanol–water partition coefficient (Wildman–Crippen LogP) is 3.56. The molecule has 1 aromatic carbocycles. The van der Waals surface area contributed by atoms with Gasteiger partial charge in [0.25, 0.3) is 5.91 Å². The van der Waals surface area contributed by atoms with E-state index in [4.69, 9.17) is 0 Å². The standard InChI is InChI=1S/C18H15F3N2O/c19-18(20,21)16-13(6-3-9-22-16)17(24)23-15-12-8-7-10-4-1-2-5-11(10)14(12)15/h1-6,9,12,14-15H,7-8H2,(H,23,24). The van der Waals surface area contributed by atoms with Crippen LogP contribution < -0.4 is 5.32 Å². The second kappa shape index (κ2) is 5.33. The summed E-state index contributed by atoms with van der Waals surface area (Å²) in [5.41, 5.74) is 0.933. The molecule has 124 valence electrons. The molecule has 4 rings (SSSR count). The minimum absolute atomic E-state index is 0.0950. The van der Waals surface area contributed by atoms with Gasteiger partial charge in [0, 0.05) is 18.2 Å². The number of fused-ring (bicyclic) bond motifs is 3. The number of aromatic nitrogens is 1. The average molecular weight is 332 g/mol. The zero-order valence-corrected chi connectivity index (χ0v) is 12.7. The van der Waals surface area contributed by atoms with E-state index in [0.29, 0.717) is 5.92 Å². The van der Waals surface area contributed by atoms with Gasteiger partial charge in [0.05, 0.1) is 5.56 Å². The van der Waals surface area contributed by atoms with Crippen LogP contribution in [0.4, 0.5) is 13.2 Å². The van der Waals surface area contributed by atoms with Crippen LogP contribution in [0.25, 0.3) is 0 Å². The lowest BCUT2D eigenvalue weighted by molar-refractivity contribution is -0.141. The van der Waals surface area contributed by atoms with Crippen LogP contribution in [0.1, 0.15) is 39.5 Å². The first-order valence-electron chi connectivity index (χ1n) is 7.87. The van der Waals surface area contributed by atoms with Crippen LogP contribution in [0, 0.1) is 5.92 Å². The van der Waals surface area contributed by atoms with E-state index >= 15 is 0 Å². The highest BCUT2D eigenvalue weighted by Crippen LogP contribution is 2.54. The highest BCUT2D eigenvalue weighted by atomic mass is 19.4. The summed E-state index contributed by atoms with van der Waals surface area (Å²) in [4.78, 5) is 15.7. The number of nitrogens with one attached hydrogen (secondary N) is 1. The number of nitrogens with zero attached hydrogens (tertiary/aromatic N) is 1. The number of hydrogen-bond donors (Lipinski definition) is 1. The maximum atomic E-state index is 13.0. The minimum atomic E-state index is -4.64. The van der Waals surface area contributed by atoms with Gasteiger partial charge in [-0.15, -0.1) is 0 Å². The SMILES string of the molecule is O=C(NC1C2CCc3ccccc3C21)c1cccnc1C(F)(F)F. The molecule has 1 heterocycles. The molecule has 0 saturated heterocycles. The molecule has 2 aliphatic rings. The number of carbonyl (C=O) groups excluding carboxylic acids is 1. The number of pyridine rings is 1. The molecule has 3 unspecified atom stereocenters. The van der Waals surface area contributed by atoms with E-state index in [1.54, 1.807) is 0 Å². The van der Waals surface area contributed by atoms with E-state index in [9.17, 15) is 18.0 Å². The Labute approximate surface area is 136 Å². The van der Waals surface area contributed by atoms with Crippen molar-refractivity contribution in [1.29, 1.82) is 0 Å². The summed E-state index contributed by atoms with van der Waals surface area (Å²) in [6.07, 6.45) is -1.69. The predicted molar refractivity (Wildman–Crippen MR) is 81.5 cm³/mol. The van der Waals surface area contributed by atoms with E-state index in [-0.39, 0.29) is 12.0 Å². The van der Waals surface area contributed by atoms with Crippen molar-refractivity contribution >= 4 is 5.91 Å². The normalized spacial score (nSPS) is 24.7. The third-order valence-electron chi connectivity index (χ3n) is 4.95. The fraction of sp³-hybridized carbons (Fsp3) is 0.333. The zero-order valence-electron chi connectivity index (χ0n) is 12.7. The quantitative estimate of drug-likeness (QED) is 0.914. The summed E-state index contributed by atoms with van der Waals surface area (Å²) in [5, 5.41) is 2.79. The number of carbonyl (C=O) groups is 1. The summed E-state index contributed by atoms with van der Waals surface area (Å²) in [7, 11) is 0. The Hall–Kier alpha value is -2.37. The summed E-state index contributed by atoms with van der Waals surface area (Å²) in [5.74, 6) is -0.174. The molecule has 1 aromatic heterocycles. The molecule has 24 heavy (non-hydrogen) atoms. The fourth-order valence-electron chi connectivity index (χ4n) is 3.81. The Morgan fingerprint density at radius 1 is 1.17 bits per heavy atom. The number of amides is 1. The molecule has 6 heteroatoms. The number of rotatable bonds is 2. The van der Waals surface area contributed by atoms with Crippen molar-refractivity contribution in [2.45, 2.75) is 31.0 Å². The average Bonchev–Trinajstić information content (AvgIpc) is 3.27. The molecular weight excluding hydrogens is 317 g/mol. The van der Waals surface area contributed by atoms with E-state index < -0.39 is 23.3 Å². The van der Waals surface area contributed by atoms with Gasteiger partial charge in [0.15, 0.2) is 5.69 Å². The smallest absolute Gasteiger partial charge is 0.348 e. The Balaban J connectivity index is 1.56. The molecule has 2 aliphatic carbocycles. The van der Waals surface area contributed by atoms with Crippen molar-refractivity contribution in [3.63, 3.8) is 0 Å². The van der Waals surface area contributed by atoms with Crippen molar-refractivity contribution in [2.75, 3.05) is 0 Å². The van der Waals surface area contributed by atoms with Gasteiger partial charge in [-0.05, 0) is 42.0 Å². The van der Waals surface area contributed by atoms with E-state index in [0.717, 1.165) is 19.0 Å². The number of halogens is 3. The van der Waals surface area contributed by atoms with Crippen LogP contribution in [0.15, 0.2) is 42.6 Å². The maximum Gasteiger partial charge on any atom is 0.434 e. The van der Waals surface area contributed by atoms with Crippen molar-refractivity contribution in [2.24, 2.45) is 5.92 Å². The van der Waals surface area contributed by atoms with Gasteiger partial charge in [0.2, 0.25) is 0 Å². The molecule has 0 bridgehead atoms. The second-order valence-corrected chi connectivity index (χ2v) is 6.32. The van der Waals surface area contributed by atoms with Crippen LogP contribution in [0.2, 0.25) is 0 Å². The monoisotopic (exact) mass is 332 g/mol. The van der Waals surface area contributed by atoms with Gasteiger partial charge in [-0.3, -0.25) is 9.78 Å². The lowest BCUT2D eigenvalue weighted by Crippen LogP contribution is -2.30. The Bertz CT molecular complexity index is 803. The first-order chi connectivity index (χ1) is 11.5. The molecule has 1 N–H and O–H groups in total. The summed E-state index contributed by atoms with van der Waals surface area (Å²) in [6, 6.07) is 10.5. The van der Waals surface area contributed by atoms with Gasteiger partial charge >= 0.3 is 6.18 Å². The number of benzene rings is 1. The highest BCUT2D eigenvalue weighted by molar-refractivity contribution is 5.96. The van der Waals surface area contributed by atoms with Gasteiger partial charge in [-0.2, -0.15) is 13.2 Å². The van der Waals surface area contributed by atoms with E-state index in [1.165, 1.54) is 23.3 Å². The molecule has 0 radical (unpaired) electrons. The number of aryl methyl sites for hydroxylation is 1. The van der Waals surface area contributed by atoms with E-state index in [2.05, 4.69) is 16.4 Å². The molecule has 2 aromatic rings. The van der Waals surface area contributed by atoms with Crippen molar-refractivity contribution in [3.05, 3.63) is 65.0 Å². The Kier molecular flexibility index (Phi) is 3.37. The molecule has 0 spiro atoms. The van der Waals surface area contributed by atoms with Crippen LogP contribution in [-0.4, -0.2) is 16.9 Å². The Morgan fingerprint density at radius 2 is 1.96 bits per heavy atom. The summed E-state index contributed by atoms with van der Waals surface area (Å²) >= 11 is 0. The van der Waals surface area contributed by atoms with Crippen LogP contribution in [0.5, 0.6) is 0 Å². The lowest BCUT2D eigenvalue weighted by atomic mass is 9.92. The molecule has 0 aliphatic heterocycles. The van der Waals surface area contributed by atoms with Crippen LogP contribution >= 0.6 is 0 Å². The van der Waals surface area contributed by atoms with Gasteiger partial charge in [-0.1, -0.05) is 24.3 Å². The molecule has 3 nitrogen and oxygen atoms in total. The minimum Gasteiger partial charge on any atom is -0.348 e. The Morgan fingerprint density at radius 3 is 2.75 bits per heavy atom. The third kappa shape index (κ3) is 2.46. The van der Waals surface area contributed by atoms with Gasteiger partial charge in [0.1, 0.15) is 0 Å². The molecule has 1 fully saturated rings. The first-order valence-corrected chi connectivity index (χ1v) is 7.87. The van der Waals surface area contributed by atoms with E-state index in [1.807, 2.05) is 18.2 Å². The topological polar surface area (TPSA) is 42.0 Å². The van der Waals surface area contributed by atoms with Crippen LogP contribution in [0.3, 0.4) is 0 Å². The zero-order chi connectivity index (χ0) is 16.9. The molecule has 1 amide bonds. The largest absolute Gasteiger partial charge is 0.434 e. The van der Waals surface area contributed by atoms with Gasteiger partial charge < -0.3 is 5.32 Å². The first kappa shape index (κ1) is 15.2. The van der Waals surface area contributed by atoms with Crippen molar-refractivity contribution in [3.8, 4) is 0 Å². The number of alkyl halides is 3. The molecule has 3 atom stereocenters. The summed E-state index contributed by atoms with van der Waals surface area (Å²) < 4.78 is 39.0.